The quantitative estimate of drug-likeness (QED) is 0.398. The van der Waals surface area contributed by atoms with Gasteiger partial charge in [0.1, 0.15) is 0 Å². The number of nitrogens with one attached hydrogen (secondary N) is 1. The molecular formula is C25H27N3O3S. The van der Waals surface area contributed by atoms with Gasteiger partial charge in [0.15, 0.2) is 0 Å². The third-order valence-corrected chi connectivity index (χ3v) is 6.78. The molecule has 0 aromatic heterocycles. The van der Waals surface area contributed by atoms with Crippen molar-refractivity contribution in [1.82, 2.24) is 9.73 Å². The number of nitrogens with zero attached hydrogens (tertiary/aromatic N) is 2. The molecule has 0 aliphatic heterocycles. The first-order valence-electron chi connectivity index (χ1n) is 10.4. The minimum absolute atomic E-state index is 0.0765. The van der Waals surface area contributed by atoms with Crippen molar-refractivity contribution in [3.8, 4) is 0 Å². The van der Waals surface area contributed by atoms with Gasteiger partial charge in [-0.2, -0.15) is 9.41 Å². The SMILES string of the molecule is CCc1ccc(/C=N\NC(=O)CN(Cc2ccc(C)cc2)S(=O)(=O)c2ccccc2)cc1. The highest BCUT2D eigenvalue weighted by Gasteiger charge is 2.26. The van der Waals surface area contributed by atoms with Gasteiger partial charge in [0.25, 0.3) is 5.91 Å². The molecule has 3 rings (SSSR count). The molecule has 0 aliphatic rings. The van der Waals surface area contributed by atoms with Crippen molar-refractivity contribution in [2.24, 2.45) is 5.10 Å². The third-order valence-electron chi connectivity index (χ3n) is 4.97. The van der Waals surface area contributed by atoms with Crippen LogP contribution in [-0.4, -0.2) is 31.4 Å². The lowest BCUT2D eigenvalue weighted by atomic mass is 10.1. The van der Waals surface area contributed by atoms with Crippen molar-refractivity contribution in [3.63, 3.8) is 0 Å². The first-order valence-corrected chi connectivity index (χ1v) is 11.8. The molecule has 0 radical (unpaired) electrons. The lowest BCUT2D eigenvalue weighted by Crippen LogP contribution is -2.39. The Labute approximate surface area is 189 Å². The first-order chi connectivity index (χ1) is 15.4. The highest BCUT2D eigenvalue weighted by Crippen LogP contribution is 2.18. The minimum Gasteiger partial charge on any atom is -0.272 e. The van der Waals surface area contributed by atoms with Gasteiger partial charge >= 0.3 is 0 Å². The number of hydrogen-bond donors (Lipinski definition) is 1. The highest BCUT2D eigenvalue weighted by molar-refractivity contribution is 7.89. The van der Waals surface area contributed by atoms with Crippen LogP contribution in [0.15, 0.2) is 88.9 Å². The van der Waals surface area contributed by atoms with Crippen LogP contribution in [0.25, 0.3) is 0 Å². The fourth-order valence-electron chi connectivity index (χ4n) is 3.08. The van der Waals surface area contributed by atoms with E-state index in [0.29, 0.717) is 0 Å². The van der Waals surface area contributed by atoms with E-state index >= 15 is 0 Å². The second kappa shape index (κ2) is 10.8. The number of carbonyl (C=O) groups excluding carboxylic acids is 1. The molecular weight excluding hydrogens is 422 g/mol. The zero-order chi connectivity index (χ0) is 23.0. The van der Waals surface area contributed by atoms with Crippen molar-refractivity contribution < 1.29 is 13.2 Å². The Balaban J connectivity index is 1.74. The predicted octanol–water partition coefficient (Wildman–Crippen LogP) is 3.90. The van der Waals surface area contributed by atoms with Crippen LogP contribution >= 0.6 is 0 Å². The molecule has 3 aromatic rings. The maximum absolute atomic E-state index is 13.2. The first kappa shape index (κ1) is 23.4. The van der Waals surface area contributed by atoms with Crippen LogP contribution in [0.5, 0.6) is 0 Å². The summed E-state index contributed by atoms with van der Waals surface area (Å²) < 4.78 is 27.6. The zero-order valence-electron chi connectivity index (χ0n) is 18.2. The smallest absolute Gasteiger partial charge is 0.255 e. The van der Waals surface area contributed by atoms with Crippen LogP contribution < -0.4 is 5.43 Å². The molecule has 0 aliphatic carbocycles. The zero-order valence-corrected chi connectivity index (χ0v) is 19.0. The van der Waals surface area contributed by atoms with Gasteiger partial charge in [-0.25, -0.2) is 13.8 Å². The van der Waals surface area contributed by atoms with Crippen LogP contribution in [0.1, 0.15) is 29.2 Å². The average molecular weight is 450 g/mol. The topological polar surface area (TPSA) is 78.8 Å². The Morgan fingerprint density at radius 3 is 2.19 bits per heavy atom. The van der Waals surface area contributed by atoms with Crippen LogP contribution in [-0.2, 0) is 27.8 Å². The summed E-state index contributed by atoms with van der Waals surface area (Å²) in [7, 11) is -3.87. The fraction of sp³-hybridized carbons (Fsp3) is 0.200. The van der Waals surface area contributed by atoms with E-state index in [2.05, 4.69) is 17.5 Å². The summed E-state index contributed by atoms with van der Waals surface area (Å²) in [5.74, 6) is -0.516. The van der Waals surface area contributed by atoms with Gasteiger partial charge in [-0.05, 0) is 42.2 Å². The Hall–Kier alpha value is -3.29. The summed E-state index contributed by atoms with van der Waals surface area (Å²) in [6, 6.07) is 23.5. The van der Waals surface area contributed by atoms with E-state index in [1.165, 1.54) is 23.9 Å². The molecule has 166 valence electrons. The fourth-order valence-corrected chi connectivity index (χ4v) is 4.48. The molecule has 1 N–H and O–H groups in total. The molecule has 7 heteroatoms. The molecule has 0 unspecified atom stereocenters. The summed E-state index contributed by atoms with van der Waals surface area (Å²) in [6.45, 7) is 3.77. The molecule has 1 amide bonds. The van der Waals surface area contributed by atoms with E-state index in [1.807, 2.05) is 55.5 Å². The van der Waals surface area contributed by atoms with E-state index in [9.17, 15) is 13.2 Å². The van der Waals surface area contributed by atoms with Gasteiger partial charge in [-0.1, -0.05) is 79.2 Å². The van der Waals surface area contributed by atoms with E-state index in [-0.39, 0.29) is 18.0 Å². The second-order valence-electron chi connectivity index (χ2n) is 7.46. The Morgan fingerprint density at radius 1 is 0.938 bits per heavy atom. The van der Waals surface area contributed by atoms with Crippen molar-refractivity contribution in [3.05, 3.63) is 101 Å². The van der Waals surface area contributed by atoms with Crippen molar-refractivity contribution >= 4 is 22.1 Å². The summed E-state index contributed by atoms with van der Waals surface area (Å²) in [5.41, 5.74) is 6.36. The van der Waals surface area contributed by atoms with Gasteiger partial charge in [0.2, 0.25) is 10.0 Å². The molecule has 0 heterocycles. The molecule has 0 spiro atoms. The maximum Gasteiger partial charge on any atom is 0.255 e. The number of carbonyl (C=O) groups is 1. The average Bonchev–Trinajstić information content (AvgIpc) is 2.81. The maximum atomic E-state index is 13.2. The number of amides is 1. The second-order valence-corrected chi connectivity index (χ2v) is 9.40. The monoisotopic (exact) mass is 449 g/mol. The molecule has 6 nitrogen and oxygen atoms in total. The van der Waals surface area contributed by atoms with Crippen LogP contribution in [0, 0.1) is 6.92 Å². The molecule has 32 heavy (non-hydrogen) atoms. The molecule has 0 bridgehead atoms. The number of rotatable bonds is 9. The van der Waals surface area contributed by atoms with Crippen LogP contribution in [0.2, 0.25) is 0 Å². The molecule has 0 fully saturated rings. The van der Waals surface area contributed by atoms with Crippen molar-refractivity contribution in [2.75, 3.05) is 6.54 Å². The van der Waals surface area contributed by atoms with E-state index < -0.39 is 15.9 Å². The lowest BCUT2D eigenvalue weighted by Gasteiger charge is -2.21. The Bertz CT molecular complexity index is 1160. The highest BCUT2D eigenvalue weighted by atomic mass is 32.2. The summed E-state index contributed by atoms with van der Waals surface area (Å²) in [4.78, 5) is 12.7. The van der Waals surface area contributed by atoms with Gasteiger partial charge in [-0.3, -0.25) is 4.79 Å². The summed E-state index contributed by atoms with van der Waals surface area (Å²) in [6.07, 6.45) is 2.48. The van der Waals surface area contributed by atoms with Gasteiger partial charge in [0, 0.05) is 6.54 Å². The Morgan fingerprint density at radius 2 is 1.56 bits per heavy atom. The minimum atomic E-state index is -3.87. The van der Waals surface area contributed by atoms with Crippen molar-refractivity contribution in [2.45, 2.75) is 31.7 Å². The van der Waals surface area contributed by atoms with Gasteiger partial charge in [-0.15, -0.1) is 0 Å². The normalized spacial score (nSPS) is 11.7. The molecule has 0 saturated heterocycles. The van der Waals surface area contributed by atoms with Crippen LogP contribution in [0.3, 0.4) is 0 Å². The lowest BCUT2D eigenvalue weighted by molar-refractivity contribution is -0.121. The van der Waals surface area contributed by atoms with E-state index in [0.717, 1.165) is 27.4 Å². The number of hydrogen-bond acceptors (Lipinski definition) is 4. The molecule has 0 atom stereocenters. The van der Waals surface area contributed by atoms with E-state index in [1.54, 1.807) is 18.2 Å². The number of benzene rings is 3. The van der Waals surface area contributed by atoms with Crippen LogP contribution in [0.4, 0.5) is 0 Å². The van der Waals surface area contributed by atoms with E-state index in [4.69, 9.17) is 0 Å². The van der Waals surface area contributed by atoms with Gasteiger partial charge < -0.3 is 0 Å². The predicted molar refractivity (Wildman–Crippen MR) is 127 cm³/mol. The standard InChI is InChI=1S/C25H27N3O3S/c1-3-21-13-15-22(16-14-21)17-26-27-25(29)19-28(18-23-11-9-20(2)10-12-23)32(30,31)24-7-5-4-6-8-24/h4-17H,3,18-19H2,1-2H3,(H,27,29)/b26-17-. The van der Waals surface area contributed by atoms with Crippen molar-refractivity contribution in [1.29, 1.82) is 0 Å². The summed E-state index contributed by atoms with van der Waals surface area (Å²) in [5, 5.41) is 3.98. The summed E-state index contributed by atoms with van der Waals surface area (Å²) >= 11 is 0. The largest absolute Gasteiger partial charge is 0.272 e. The number of hydrazone groups is 1. The Kier molecular flexibility index (Phi) is 7.92. The third kappa shape index (κ3) is 6.35. The molecule has 0 saturated carbocycles. The number of aryl methyl sites for hydroxylation is 2. The molecule has 3 aromatic carbocycles. The number of sulfonamides is 1. The van der Waals surface area contributed by atoms with Gasteiger partial charge in [0.05, 0.1) is 17.7 Å².